The fraction of sp³-hybridized carbons (Fsp3) is 0.654. The van der Waals surface area contributed by atoms with E-state index in [1.54, 1.807) is 0 Å². The first-order valence-corrected chi connectivity index (χ1v) is 11.8. The molecule has 174 valence electrons. The van der Waals surface area contributed by atoms with Crippen molar-refractivity contribution in [2.24, 2.45) is 28.6 Å². The third-order valence-electron chi connectivity index (χ3n) is 9.14. The Balaban J connectivity index is 1.35. The maximum atomic E-state index is 12.9. The van der Waals surface area contributed by atoms with Crippen LogP contribution in [0.1, 0.15) is 57.9 Å². The van der Waals surface area contributed by atoms with Gasteiger partial charge in [-0.15, -0.1) is 0 Å². The predicted octanol–water partition coefficient (Wildman–Crippen LogP) is 6.09. The number of alkyl halides is 3. The lowest BCUT2D eigenvalue weighted by molar-refractivity contribution is -0.137. The number of ether oxygens (including phenoxy) is 1. The molecule has 6 heteroatoms. The lowest BCUT2D eigenvalue weighted by atomic mass is 9.50. The molecule has 0 unspecified atom stereocenters. The molecule has 1 aromatic rings. The van der Waals surface area contributed by atoms with Gasteiger partial charge in [0.2, 0.25) is 0 Å². The topological polar surface area (TPSA) is 29.5 Å². The van der Waals surface area contributed by atoms with Crippen molar-refractivity contribution >= 4 is 5.78 Å². The second-order valence-electron chi connectivity index (χ2n) is 11.1. The van der Waals surface area contributed by atoms with Crippen molar-refractivity contribution in [3.05, 3.63) is 41.6 Å². The van der Waals surface area contributed by atoms with Gasteiger partial charge in [-0.25, -0.2) is 0 Å². The predicted molar refractivity (Wildman–Crippen MR) is 116 cm³/mol. The number of ketones is 1. The summed E-state index contributed by atoms with van der Waals surface area (Å²) < 4.78 is 44.8. The van der Waals surface area contributed by atoms with Crippen LogP contribution in [0.3, 0.4) is 0 Å². The first-order chi connectivity index (χ1) is 15.0. The van der Waals surface area contributed by atoms with Crippen LogP contribution in [0.25, 0.3) is 0 Å². The largest absolute Gasteiger partial charge is 0.490 e. The van der Waals surface area contributed by atoms with E-state index >= 15 is 0 Å². The third-order valence-corrected chi connectivity index (χ3v) is 9.14. The minimum absolute atomic E-state index is 0.0310. The summed E-state index contributed by atoms with van der Waals surface area (Å²) in [6, 6.07) is 5.09. The number of likely N-dealkylation sites (tertiary alicyclic amines) is 1. The van der Waals surface area contributed by atoms with E-state index in [1.165, 1.54) is 24.3 Å². The minimum Gasteiger partial charge on any atom is -0.490 e. The molecule has 3 aliphatic carbocycles. The van der Waals surface area contributed by atoms with Crippen molar-refractivity contribution in [2.75, 3.05) is 13.6 Å². The van der Waals surface area contributed by atoms with Crippen molar-refractivity contribution in [1.29, 1.82) is 0 Å². The lowest BCUT2D eigenvalue weighted by Gasteiger charge is -2.59. The summed E-state index contributed by atoms with van der Waals surface area (Å²) in [5.74, 6) is 2.41. The number of allylic oxidation sites excluding steroid dienone is 2. The van der Waals surface area contributed by atoms with Gasteiger partial charge in [-0.2, -0.15) is 13.2 Å². The van der Waals surface area contributed by atoms with E-state index in [0.717, 1.165) is 44.4 Å². The van der Waals surface area contributed by atoms with E-state index in [2.05, 4.69) is 25.8 Å². The Morgan fingerprint density at radius 1 is 1.09 bits per heavy atom. The molecule has 0 radical (unpaired) electrons. The van der Waals surface area contributed by atoms with Crippen LogP contribution >= 0.6 is 0 Å². The van der Waals surface area contributed by atoms with E-state index < -0.39 is 11.7 Å². The number of piperidine rings is 1. The number of hydrogen-bond donors (Lipinski definition) is 0. The zero-order chi connectivity index (χ0) is 22.9. The van der Waals surface area contributed by atoms with Crippen LogP contribution in [0.15, 0.2) is 36.0 Å². The van der Waals surface area contributed by atoms with Crippen LogP contribution in [0.4, 0.5) is 13.2 Å². The Morgan fingerprint density at radius 2 is 1.81 bits per heavy atom. The summed E-state index contributed by atoms with van der Waals surface area (Å²) in [5, 5.41) is 0. The van der Waals surface area contributed by atoms with Crippen LogP contribution in [0.2, 0.25) is 0 Å². The van der Waals surface area contributed by atoms with E-state index in [-0.39, 0.29) is 22.7 Å². The molecule has 3 nitrogen and oxygen atoms in total. The Labute approximate surface area is 188 Å². The maximum absolute atomic E-state index is 12.9. The quantitative estimate of drug-likeness (QED) is 0.549. The highest BCUT2D eigenvalue weighted by Gasteiger charge is 2.59. The summed E-state index contributed by atoms with van der Waals surface area (Å²) in [6.45, 7) is 5.70. The Hall–Kier alpha value is -1.98. The molecule has 6 atom stereocenters. The van der Waals surface area contributed by atoms with E-state index in [9.17, 15) is 18.0 Å². The smallest absolute Gasteiger partial charge is 0.416 e. The van der Waals surface area contributed by atoms with Gasteiger partial charge < -0.3 is 9.64 Å². The van der Waals surface area contributed by atoms with Gasteiger partial charge >= 0.3 is 6.18 Å². The molecule has 0 amide bonds. The van der Waals surface area contributed by atoms with Crippen molar-refractivity contribution in [3.8, 4) is 5.75 Å². The average Bonchev–Trinajstić information content (AvgIpc) is 3.05. The Morgan fingerprint density at radius 3 is 2.50 bits per heavy atom. The minimum atomic E-state index is -4.33. The molecule has 0 N–H and O–H groups in total. The summed E-state index contributed by atoms with van der Waals surface area (Å²) in [5.41, 5.74) is 0.821. The summed E-state index contributed by atoms with van der Waals surface area (Å²) in [7, 11) is 2.12. The molecule has 3 fully saturated rings. The monoisotopic (exact) mass is 447 g/mol. The fourth-order valence-electron chi connectivity index (χ4n) is 7.57. The molecule has 1 saturated heterocycles. The number of benzene rings is 1. The van der Waals surface area contributed by atoms with Gasteiger partial charge in [0.1, 0.15) is 5.75 Å². The number of hydrogen-bond acceptors (Lipinski definition) is 3. The molecule has 4 aliphatic rings. The highest BCUT2D eigenvalue weighted by Crippen LogP contribution is 2.64. The second-order valence-corrected chi connectivity index (χ2v) is 11.1. The normalized spacial score (nSPS) is 39.1. The number of rotatable bonds is 2. The molecule has 0 spiro atoms. The van der Waals surface area contributed by atoms with Gasteiger partial charge in [0.15, 0.2) is 5.78 Å². The maximum Gasteiger partial charge on any atom is 0.416 e. The van der Waals surface area contributed by atoms with Gasteiger partial charge in [-0.1, -0.05) is 13.8 Å². The fourth-order valence-corrected chi connectivity index (χ4v) is 7.57. The number of nitrogens with zero attached hydrogens (tertiary/aromatic N) is 1. The van der Waals surface area contributed by atoms with Crippen LogP contribution in [0, 0.1) is 28.6 Å². The molecule has 32 heavy (non-hydrogen) atoms. The van der Waals surface area contributed by atoms with Gasteiger partial charge in [0, 0.05) is 37.2 Å². The zero-order valence-electron chi connectivity index (χ0n) is 19.0. The van der Waals surface area contributed by atoms with Crippen molar-refractivity contribution in [1.82, 2.24) is 4.90 Å². The molecule has 0 bridgehead atoms. The molecular weight excluding hydrogens is 415 g/mol. The average molecular weight is 448 g/mol. The van der Waals surface area contributed by atoms with Gasteiger partial charge in [0.25, 0.3) is 0 Å². The number of carbonyl (C=O) groups excluding carboxylic acids is 1. The highest BCUT2D eigenvalue weighted by atomic mass is 19.4. The van der Waals surface area contributed by atoms with Crippen LogP contribution in [-0.2, 0) is 11.0 Å². The van der Waals surface area contributed by atoms with Gasteiger partial charge in [-0.05, 0) is 79.5 Å². The molecule has 0 aromatic heterocycles. The molecule has 2 saturated carbocycles. The highest BCUT2D eigenvalue weighted by molar-refractivity contribution is 5.91. The Kier molecular flexibility index (Phi) is 4.96. The second kappa shape index (κ2) is 7.26. The van der Waals surface area contributed by atoms with Crippen LogP contribution < -0.4 is 4.74 Å². The lowest BCUT2D eigenvalue weighted by Crippen LogP contribution is -2.56. The van der Waals surface area contributed by atoms with E-state index in [4.69, 9.17) is 4.74 Å². The third kappa shape index (κ3) is 3.45. The van der Waals surface area contributed by atoms with E-state index in [1.807, 2.05) is 6.08 Å². The van der Waals surface area contributed by atoms with Crippen molar-refractivity contribution < 1.29 is 22.7 Å². The molecule has 1 aromatic carbocycles. The first kappa shape index (κ1) is 21.8. The van der Waals surface area contributed by atoms with E-state index in [0.29, 0.717) is 29.9 Å². The number of carbonyl (C=O) groups is 1. The van der Waals surface area contributed by atoms with Crippen LogP contribution in [0.5, 0.6) is 5.75 Å². The summed E-state index contributed by atoms with van der Waals surface area (Å²) in [6.07, 6.45) is 3.36. The SMILES string of the molecule is CN1C[C@H]2[C@@H]3C[C@H](Oc4ccc(C(F)(F)F)cc4)C[C@@]3(C)CC[C@@H]2[C@@]2(C)CCC(=O)C=C12. The van der Waals surface area contributed by atoms with Gasteiger partial charge in [0.05, 0.1) is 11.7 Å². The summed E-state index contributed by atoms with van der Waals surface area (Å²) >= 11 is 0. The Bertz CT molecular complexity index is 939. The molecule has 1 aliphatic heterocycles. The zero-order valence-corrected chi connectivity index (χ0v) is 19.0. The standard InChI is InChI=1S/C26H32F3NO2/c1-24-10-9-21-20(15-30(3)23-12-17(31)8-11-25(21,23)2)22(24)13-19(14-24)32-18-6-4-16(5-7-18)26(27,28)29/h4-7,12,19-22H,8-11,13-15H2,1-3H3/t19-,20+,21-,22-,24+,25+/m0/s1. The first-order valence-electron chi connectivity index (χ1n) is 11.8. The van der Waals surface area contributed by atoms with Crippen molar-refractivity contribution in [2.45, 2.75) is 64.7 Å². The van der Waals surface area contributed by atoms with Crippen molar-refractivity contribution in [3.63, 3.8) is 0 Å². The molecular formula is C26H32F3NO2. The number of halogens is 3. The summed E-state index contributed by atoms with van der Waals surface area (Å²) in [4.78, 5) is 14.4. The van der Waals surface area contributed by atoms with Crippen LogP contribution in [-0.4, -0.2) is 30.4 Å². The van der Waals surface area contributed by atoms with Gasteiger partial charge in [-0.3, -0.25) is 4.79 Å². The molecule has 1 heterocycles. The number of fused-ring (bicyclic) bond motifs is 5. The molecule has 5 rings (SSSR count).